The van der Waals surface area contributed by atoms with Crippen molar-refractivity contribution in [2.24, 2.45) is 0 Å². The second kappa shape index (κ2) is 6.93. The van der Waals surface area contributed by atoms with Crippen molar-refractivity contribution in [3.05, 3.63) is 40.7 Å². The largest absolute Gasteiger partial charge is 0.335 e. The van der Waals surface area contributed by atoms with Gasteiger partial charge >= 0.3 is 0 Å². The quantitative estimate of drug-likeness (QED) is 0.854. The van der Waals surface area contributed by atoms with E-state index in [2.05, 4.69) is 19.5 Å². The summed E-state index contributed by atoms with van der Waals surface area (Å²) in [4.78, 5) is 21.6. The van der Waals surface area contributed by atoms with Crippen LogP contribution in [0, 0.1) is 0 Å². The van der Waals surface area contributed by atoms with E-state index < -0.39 is 0 Å². The highest BCUT2D eigenvalue weighted by Crippen LogP contribution is 2.16. The predicted octanol–water partition coefficient (Wildman–Crippen LogP) is 1.45. The number of carbonyl (C=O) groups is 1. The Hall–Kier alpha value is -1.86. The van der Waals surface area contributed by atoms with Crippen LogP contribution in [-0.4, -0.2) is 56.5 Å². The molecule has 1 aliphatic rings. The summed E-state index contributed by atoms with van der Waals surface area (Å²) in [5.41, 5.74) is 2.07. The van der Waals surface area contributed by atoms with Gasteiger partial charge in [-0.15, -0.1) is 5.10 Å². The van der Waals surface area contributed by atoms with Gasteiger partial charge in [-0.05, 0) is 35.6 Å². The lowest BCUT2D eigenvalue weighted by atomic mass is 10.2. The Morgan fingerprint density at radius 3 is 2.64 bits per heavy atom. The van der Waals surface area contributed by atoms with Gasteiger partial charge in [0.1, 0.15) is 4.88 Å². The van der Waals surface area contributed by atoms with Gasteiger partial charge < -0.3 is 4.90 Å². The molecule has 0 spiro atoms. The number of piperazine rings is 1. The van der Waals surface area contributed by atoms with Crippen molar-refractivity contribution in [2.75, 3.05) is 26.2 Å². The van der Waals surface area contributed by atoms with E-state index in [0.717, 1.165) is 44.8 Å². The first-order valence-electron chi connectivity index (χ1n) is 7.49. The van der Waals surface area contributed by atoms with E-state index in [-0.39, 0.29) is 5.91 Å². The number of pyridine rings is 1. The van der Waals surface area contributed by atoms with Gasteiger partial charge in [0.25, 0.3) is 5.91 Å². The molecule has 116 valence electrons. The molecule has 0 bridgehead atoms. The van der Waals surface area contributed by atoms with Gasteiger partial charge in [0, 0.05) is 45.1 Å². The molecule has 0 aromatic carbocycles. The highest BCUT2D eigenvalue weighted by Gasteiger charge is 2.25. The minimum Gasteiger partial charge on any atom is -0.335 e. The Labute approximate surface area is 133 Å². The lowest BCUT2D eigenvalue weighted by Crippen LogP contribution is -2.48. The SMILES string of the molecule is CCc1nnsc1C(=O)N1CCN(Cc2ccncc2)CC1. The van der Waals surface area contributed by atoms with Crippen LogP contribution in [-0.2, 0) is 13.0 Å². The summed E-state index contributed by atoms with van der Waals surface area (Å²) in [5, 5.41) is 4.03. The van der Waals surface area contributed by atoms with E-state index in [1.165, 1.54) is 17.1 Å². The maximum atomic E-state index is 12.5. The van der Waals surface area contributed by atoms with Crippen molar-refractivity contribution in [3.8, 4) is 0 Å². The molecule has 0 unspecified atom stereocenters. The molecule has 1 saturated heterocycles. The fourth-order valence-corrected chi connectivity index (χ4v) is 3.32. The highest BCUT2D eigenvalue weighted by atomic mass is 32.1. The summed E-state index contributed by atoms with van der Waals surface area (Å²) in [5.74, 6) is 0.0791. The smallest absolute Gasteiger partial charge is 0.267 e. The van der Waals surface area contributed by atoms with E-state index in [0.29, 0.717) is 4.88 Å². The molecule has 22 heavy (non-hydrogen) atoms. The van der Waals surface area contributed by atoms with Crippen LogP contribution in [0.1, 0.15) is 27.9 Å². The Bertz CT molecular complexity index is 622. The summed E-state index contributed by atoms with van der Waals surface area (Å²) in [7, 11) is 0. The van der Waals surface area contributed by atoms with Crippen LogP contribution in [0.2, 0.25) is 0 Å². The molecule has 1 amide bonds. The third-order valence-electron chi connectivity index (χ3n) is 3.90. The molecule has 3 heterocycles. The van der Waals surface area contributed by atoms with Crippen LogP contribution in [0.3, 0.4) is 0 Å². The van der Waals surface area contributed by atoms with E-state index in [9.17, 15) is 4.79 Å². The molecule has 3 rings (SSSR count). The summed E-state index contributed by atoms with van der Waals surface area (Å²) in [6.45, 7) is 6.20. The third kappa shape index (κ3) is 3.31. The summed E-state index contributed by atoms with van der Waals surface area (Å²) >= 11 is 1.21. The van der Waals surface area contributed by atoms with Crippen molar-refractivity contribution < 1.29 is 4.79 Å². The van der Waals surface area contributed by atoms with E-state index in [1.54, 1.807) is 0 Å². The van der Waals surface area contributed by atoms with Crippen molar-refractivity contribution in [1.29, 1.82) is 0 Å². The molecule has 2 aromatic heterocycles. The number of aromatic nitrogens is 3. The third-order valence-corrected chi connectivity index (χ3v) is 4.66. The molecule has 1 aliphatic heterocycles. The monoisotopic (exact) mass is 317 g/mol. The second-order valence-electron chi connectivity index (χ2n) is 5.33. The maximum Gasteiger partial charge on any atom is 0.267 e. The number of aryl methyl sites for hydroxylation is 1. The number of nitrogens with zero attached hydrogens (tertiary/aromatic N) is 5. The zero-order chi connectivity index (χ0) is 15.4. The van der Waals surface area contributed by atoms with Gasteiger partial charge in [-0.3, -0.25) is 14.7 Å². The zero-order valence-electron chi connectivity index (χ0n) is 12.6. The minimum atomic E-state index is 0.0791. The van der Waals surface area contributed by atoms with E-state index >= 15 is 0 Å². The second-order valence-corrected chi connectivity index (χ2v) is 6.08. The fourth-order valence-electron chi connectivity index (χ4n) is 2.60. The number of amides is 1. The number of hydrogen-bond acceptors (Lipinski definition) is 6. The van der Waals surface area contributed by atoms with Gasteiger partial charge in [-0.2, -0.15) is 0 Å². The molecule has 0 atom stereocenters. The van der Waals surface area contributed by atoms with Gasteiger partial charge in [-0.1, -0.05) is 11.4 Å². The first-order chi connectivity index (χ1) is 10.8. The Morgan fingerprint density at radius 1 is 1.23 bits per heavy atom. The molecular weight excluding hydrogens is 298 g/mol. The number of rotatable bonds is 4. The summed E-state index contributed by atoms with van der Waals surface area (Å²) in [6.07, 6.45) is 4.38. The molecule has 0 saturated carbocycles. The normalized spacial score (nSPS) is 16.0. The molecule has 7 heteroatoms. The highest BCUT2D eigenvalue weighted by molar-refractivity contribution is 7.08. The van der Waals surface area contributed by atoms with E-state index in [1.807, 2.05) is 36.4 Å². The Kier molecular flexibility index (Phi) is 4.74. The molecular formula is C15H19N5OS. The maximum absolute atomic E-state index is 12.5. The van der Waals surface area contributed by atoms with Gasteiger partial charge in [-0.25, -0.2) is 0 Å². The van der Waals surface area contributed by atoms with Crippen molar-refractivity contribution in [3.63, 3.8) is 0 Å². The molecule has 1 fully saturated rings. The summed E-state index contributed by atoms with van der Waals surface area (Å²) in [6, 6.07) is 4.07. The average molecular weight is 317 g/mol. The van der Waals surface area contributed by atoms with Gasteiger partial charge in [0.05, 0.1) is 5.69 Å². The van der Waals surface area contributed by atoms with Gasteiger partial charge in [0.15, 0.2) is 0 Å². The number of hydrogen-bond donors (Lipinski definition) is 0. The topological polar surface area (TPSA) is 62.2 Å². The van der Waals surface area contributed by atoms with Crippen LogP contribution in [0.15, 0.2) is 24.5 Å². The van der Waals surface area contributed by atoms with Crippen molar-refractivity contribution in [2.45, 2.75) is 19.9 Å². The Morgan fingerprint density at radius 2 is 1.95 bits per heavy atom. The predicted molar refractivity (Wildman–Crippen MR) is 84.7 cm³/mol. The molecule has 6 nitrogen and oxygen atoms in total. The number of carbonyl (C=O) groups excluding carboxylic acids is 1. The molecule has 0 N–H and O–H groups in total. The van der Waals surface area contributed by atoms with Crippen LogP contribution >= 0.6 is 11.5 Å². The summed E-state index contributed by atoms with van der Waals surface area (Å²) < 4.78 is 3.91. The van der Waals surface area contributed by atoms with Crippen LogP contribution in [0.25, 0.3) is 0 Å². The first-order valence-corrected chi connectivity index (χ1v) is 8.27. The first kappa shape index (κ1) is 15.1. The van der Waals surface area contributed by atoms with Crippen molar-refractivity contribution >= 4 is 17.4 Å². The van der Waals surface area contributed by atoms with Crippen LogP contribution < -0.4 is 0 Å². The van der Waals surface area contributed by atoms with Crippen LogP contribution in [0.4, 0.5) is 0 Å². The lowest BCUT2D eigenvalue weighted by molar-refractivity contribution is 0.0632. The Balaban J connectivity index is 1.56. The minimum absolute atomic E-state index is 0.0791. The van der Waals surface area contributed by atoms with Crippen molar-refractivity contribution in [1.82, 2.24) is 24.4 Å². The zero-order valence-corrected chi connectivity index (χ0v) is 13.4. The molecule has 0 aliphatic carbocycles. The van der Waals surface area contributed by atoms with Crippen LogP contribution in [0.5, 0.6) is 0 Å². The molecule has 0 radical (unpaired) electrons. The lowest BCUT2D eigenvalue weighted by Gasteiger charge is -2.34. The van der Waals surface area contributed by atoms with Gasteiger partial charge in [0.2, 0.25) is 0 Å². The standard InChI is InChI=1S/C15H19N5OS/c1-2-13-14(22-18-17-13)15(21)20-9-7-19(8-10-20)11-12-3-5-16-6-4-12/h3-6H,2,7-11H2,1H3. The average Bonchev–Trinajstić information content (AvgIpc) is 3.04. The fraction of sp³-hybridized carbons (Fsp3) is 0.467. The van der Waals surface area contributed by atoms with E-state index in [4.69, 9.17) is 0 Å². The molecule has 2 aromatic rings.